The van der Waals surface area contributed by atoms with Crippen molar-refractivity contribution in [1.29, 1.82) is 0 Å². The average Bonchev–Trinajstić information content (AvgIpc) is 3.13. The molecule has 178 valence electrons. The maximum Gasteiger partial charge on any atom is 1.00 e. The molecule has 0 aromatic rings. The minimum Gasteiger partial charge on any atom is -0.726 e. The molecule has 1 heterocycles. The van der Waals surface area contributed by atoms with Crippen LogP contribution in [0.15, 0.2) is 12.7 Å². The predicted molar refractivity (Wildman–Crippen MR) is 113 cm³/mol. The van der Waals surface area contributed by atoms with Gasteiger partial charge in [0.1, 0.15) is 12.2 Å². The van der Waals surface area contributed by atoms with E-state index in [0.29, 0.717) is 6.61 Å². The van der Waals surface area contributed by atoms with Gasteiger partial charge in [0.25, 0.3) is 0 Å². The van der Waals surface area contributed by atoms with E-state index >= 15 is 0 Å². The molecule has 1 rings (SSSR count). The Morgan fingerprint density at radius 3 is 2.29 bits per heavy atom. The molecule has 31 heavy (non-hydrogen) atoms. The molecule has 0 amide bonds. The van der Waals surface area contributed by atoms with Gasteiger partial charge in [0.05, 0.1) is 33.0 Å². The molecule has 0 N–H and O–H groups in total. The van der Waals surface area contributed by atoms with Crippen molar-refractivity contribution in [3.8, 4) is 0 Å². The van der Waals surface area contributed by atoms with Crippen LogP contribution in [-0.2, 0) is 33.5 Å². The molecule has 0 spiro atoms. The molecule has 0 saturated carbocycles. The second kappa shape index (κ2) is 19.9. The van der Waals surface area contributed by atoms with Crippen LogP contribution in [0, 0.1) is 0 Å². The van der Waals surface area contributed by atoms with Gasteiger partial charge in [-0.05, 0) is 12.8 Å². The Labute approximate surface area is 210 Å². The number of unbranched alkanes of at least 4 members (excludes halogenated alkanes) is 8. The number of hydrogen-bond acceptors (Lipinski definition) is 8. The first-order valence-electron chi connectivity index (χ1n) is 11.1. The summed E-state index contributed by atoms with van der Waals surface area (Å²) in [6, 6.07) is 0. The third-order valence-corrected chi connectivity index (χ3v) is 5.26. The van der Waals surface area contributed by atoms with Crippen molar-refractivity contribution in [2.75, 3.05) is 33.0 Å². The molecule has 8 nitrogen and oxygen atoms in total. The third kappa shape index (κ3) is 18.6. The van der Waals surface area contributed by atoms with E-state index in [-0.39, 0.29) is 68.4 Å². The second-order valence-corrected chi connectivity index (χ2v) is 8.64. The van der Waals surface area contributed by atoms with Crippen LogP contribution in [0.2, 0.25) is 0 Å². The molecule has 3 unspecified atom stereocenters. The van der Waals surface area contributed by atoms with Gasteiger partial charge in [-0.2, -0.15) is 0 Å². The van der Waals surface area contributed by atoms with Gasteiger partial charge in [-0.3, -0.25) is 4.18 Å². The molecular formula is C21H39NaO8S. The van der Waals surface area contributed by atoms with Gasteiger partial charge in [-0.1, -0.05) is 64.4 Å². The largest absolute Gasteiger partial charge is 1.00 e. The van der Waals surface area contributed by atoms with Crippen LogP contribution in [0.5, 0.6) is 0 Å². The van der Waals surface area contributed by atoms with E-state index in [1.165, 1.54) is 57.4 Å². The third-order valence-electron chi connectivity index (χ3n) is 4.76. The fraction of sp³-hybridized carbons (Fsp3) is 0.905. The van der Waals surface area contributed by atoms with E-state index in [0.717, 1.165) is 12.8 Å². The minimum absolute atomic E-state index is 0. The van der Waals surface area contributed by atoms with Gasteiger partial charge in [0, 0.05) is 0 Å². The Morgan fingerprint density at radius 2 is 1.68 bits per heavy atom. The first kappa shape index (κ1) is 31.4. The Morgan fingerprint density at radius 1 is 1.06 bits per heavy atom. The number of hydrogen-bond donors (Lipinski definition) is 0. The second-order valence-electron chi connectivity index (χ2n) is 7.63. The molecule has 0 aromatic carbocycles. The molecule has 0 aromatic heterocycles. The maximum atomic E-state index is 10.8. The van der Waals surface area contributed by atoms with E-state index in [1.54, 1.807) is 0 Å². The number of ether oxygens (including phenoxy) is 4. The van der Waals surface area contributed by atoms with Gasteiger partial charge in [0.15, 0.2) is 6.29 Å². The van der Waals surface area contributed by atoms with Crippen molar-refractivity contribution in [2.24, 2.45) is 0 Å². The van der Waals surface area contributed by atoms with Crippen molar-refractivity contribution in [2.45, 2.75) is 89.6 Å². The summed E-state index contributed by atoms with van der Waals surface area (Å²) >= 11 is 0. The van der Waals surface area contributed by atoms with Gasteiger partial charge in [0.2, 0.25) is 10.4 Å². The summed E-state index contributed by atoms with van der Waals surface area (Å²) in [5.41, 5.74) is 0. The zero-order chi connectivity index (χ0) is 22.1. The van der Waals surface area contributed by atoms with Crippen molar-refractivity contribution in [3.05, 3.63) is 12.7 Å². The maximum absolute atomic E-state index is 10.8. The van der Waals surface area contributed by atoms with Crippen LogP contribution >= 0.6 is 0 Å². The Balaban J connectivity index is 0.00000900. The Hall–Kier alpha value is 0.450. The smallest absolute Gasteiger partial charge is 0.726 e. The first-order chi connectivity index (χ1) is 14.4. The summed E-state index contributed by atoms with van der Waals surface area (Å²) in [5, 5.41) is 0. The fourth-order valence-electron chi connectivity index (χ4n) is 3.25. The van der Waals surface area contributed by atoms with Crippen molar-refractivity contribution >= 4 is 10.4 Å². The van der Waals surface area contributed by atoms with Crippen molar-refractivity contribution in [3.63, 3.8) is 0 Å². The SMILES string of the molecule is C=CCOCC(COCC1COC(CCCCCCCCCCC)O1)OS(=O)(=O)[O-].[Na+]. The average molecular weight is 475 g/mol. The predicted octanol–water partition coefficient (Wildman–Crippen LogP) is 0.717. The van der Waals surface area contributed by atoms with Crippen LogP contribution in [0.1, 0.15) is 71.1 Å². The molecule has 3 atom stereocenters. The molecule has 10 heteroatoms. The van der Waals surface area contributed by atoms with E-state index in [4.69, 9.17) is 18.9 Å². The van der Waals surface area contributed by atoms with Crippen LogP contribution < -0.4 is 29.6 Å². The van der Waals surface area contributed by atoms with Gasteiger partial charge in [-0.25, -0.2) is 8.42 Å². The topological polar surface area (TPSA) is 103 Å². The van der Waals surface area contributed by atoms with E-state index in [9.17, 15) is 13.0 Å². The zero-order valence-corrected chi connectivity index (χ0v) is 22.1. The van der Waals surface area contributed by atoms with Gasteiger partial charge >= 0.3 is 29.6 Å². The summed E-state index contributed by atoms with van der Waals surface area (Å²) in [5.74, 6) is 0. The van der Waals surface area contributed by atoms with E-state index < -0.39 is 16.5 Å². The Bertz CT molecular complexity index is 531. The molecule has 0 radical (unpaired) electrons. The van der Waals surface area contributed by atoms with Crippen LogP contribution in [-0.4, -0.2) is 64.5 Å². The molecular weight excluding hydrogens is 435 g/mol. The molecule has 0 bridgehead atoms. The van der Waals surface area contributed by atoms with Crippen LogP contribution in [0.4, 0.5) is 0 Å². The minimum atomic E-state index is -4.83. The number of rotatable bonds is 20. The summed E-state index contributed by atoms with van der Waals surface area (Å²) in [6.45, 7) is 6.43. The van der Waals surface area contributed by atoms with Gasteiger partial charge in [-0.15, -0.1) is 6.58 Å². The molecule has 0 aliphatic carbocycles. The molecule has 1 aliphatic heterocycles. The van der Waals surface area contributed by atoms with Crippen molar-refractivity contribution in [1.82, 2.24) is 0 Å². The van der Waals surface area contributed by atoms with Crippen molar-refractivity contribution < 1.29 is 65.7 Å². The van der Waals surface area contributed by atoms with Crippen LogP contribution in [0.25, 0.3) is 0 Å². The monoisotopic (exact) mass is 474 g/mol. The van der Waals surface area contributed by atoms with E-state index in [2.05, 4.69) is 17.7 Å². The first-order valence-corrected chi connectivity index (χ1v) is 12.5. The zero-order valence-electron chi connectivity index (χ0n) is 19.3. The quantitative estimate of drug-likeness (QED) is 0.0836. The Kier molecular flexibility index (Phi) is 20.2. The summed E-state index contributed by atoms with van der Waals surface area (Å²) < 4.78 is 58.9. The van der Waals surface area contributed by atoms with Crippen LogP contribution in [0.3, 0.4) is 0 Å². The van der Waals surface area contributed by atoms with E-state index in [1.807, 2.05) is 0 Å². The normalized spacial score (nSPS) is 19.8. The summed E-state index contributed by atoms with van der Waals surface area (Å²) in [7, 11) is -4.83. The molecule has 1 aliphatic rings. The fourth-order valence-corrected chi connectivity index (χ4v) is 3.70. The summed E-state index contributed by atoms with van der Waals surface area (Å²) in [6.07, 6.45) is 12.4. The molecule has 1 saturated heterocycles. The standard InChI is InChI=1S/C21H40O8S.Na/c1-3-5-6-7-8-9-10-11-12-13-21-27-18-19(28-21)15-26-17-20(16-25-14-4-2)29-30(22,23)24;/h4,19-21H,2-3,5-18H2,1H3,(H,22,23,24);/q;+1/p-1. The van der Waals surface area contributed by atoms with Gasteiger partial charge < -0.3 is 23.5 Å². The molecule has 1 fully saturated rings. The summed E-state index contributed by atoms with van der Waals surface area (Å²) in [4.78, 5) is 0.